The zero-order valence-electron chi connectivity index (χ0n) is 14.5. The van der Waals surface area contributed by atoms with Crippen LogP contribution in [0.3, 0.4) is 0 Å². The molecule has 140 valence electrons. The summed E-state index contributed by atoms with van der Waals surface area (Å²) in [6.07, 6.45) is 0. The molecule has 0 saturated carbocycles. The summed E-state index contributed by atoms with van der Waals surface area (Å²) in [4.78, 5) is 38.1. The summed E-state index contributed by atoms with van der Waals surface area (Å²) in [6, 6.07) is 13.7. The summed E-state index contributed by atoms with van der Waals surface area (Å²) in [5.41, 5.74) is 7.10. The van der Waals surface area contributed by atoms with Crippen molar-refractivity contribution in [3.63, 3.8) is 0 Å². The number of hydrogen-bond donors (Lipinski definition) is 3. The molecule has 2 aromatic rings. The normalized spacial score (nSPS) is 19.9. The van der Waals surface area contributed by atoms with Gasteiger partial charge in [0.15, 0.2) is 6.04 Å². The summed E-state index contributed by atoms with van der Waals surface area (Å²) in [7, 11) is 0. The smallest absolute Gasteiger partial charge is 0.328 e. The molecular formula is C19H19N3O4S. The van der Waals surface area contributed by atoms with E-state index in [4.69, 9.17) is 5.73 Å². The van der Waals surface area contributed by atoms with Crippen molar-refractivity contribution in [2.24, 2.45) is 0 Å². The van der Waals surface area contributed by atoms with Crippen molar-refractivity contribution in [2.45, 2.75) is 29.2 Å². The second kappa shape index (κ2) is 7.71. The van der Waals surface area contributed by atoms with E-state index in [1.807, 2.05) is 30.3 Å². The number of imide groups is 1. The number of urea groups is 1. The monoisotopic (exact) mass is 385 g/mol. The number of β-lactam (4-membered cyclic amide) rings is 1. The molecular weight excluding hydrogens is 366 g/mol. The van der Waals surface area contributed by atoms with E-state index in [-0.39, 0.29) is 6.04 Å². The van der Waals surface area contributed by atoms with Crippen LogP contribution in [0, 0.1) is 0 Å². The molecule has 0 aliphatic carbocycles. The van der Waals surface area contributed by atoms with Gasteiger partial charge in [0, 0.05) is 10.6 Å². The highest BCUT2D eigenvalue weighted by atomic mass is 32.2. The third-order valence-corrected chi connectivity index (χ3v) is 5.52. The molecule has 4 N–H and O–H groups in total. The lowest BCUT2D eigenvalue weighted by Crippen LogP contribution is -2.70. The van der Waals surface area contributed by atoms with E-state index in [2.05, 4.69) is 5.32 Å². The van der Waals surface area contributed by atoms with Gasteiger partial charge in [-0.05, 0) is 30.7 Å². The Kier molecular flexibility index (Phi) is 5.36. The van der Waals surface area contributed by atoms with Crippen molar-refractivity contribution < 1.29 is 19.5 Å². The van der Waals surface area contributed by atoms with E-state index in [9.17, 15) is 19.5 Å². The Labute approximate surface area is 160 Å². The largest absolute Gasteiger partial charge is 0.480 e. The van der Waals surface area contributed by atoms with Gasteiger partial charge in [0.05, 0.1) is 6.04 Å². The summed E-state index contributed by atoms with van der Waals surface area (Å²) in [6.45, 7) is 1.77. The number of carbonyl (C=O) groups excluding carboxylic acids is 2. The number of nitrogens with zero attached hydrogens (tertiary/aromatic N) is 1. The second-order valence-electron chi connectivity index (χ2n) is 6.18. The third-order valence-electron chi connectivity index (χ3n) is 4.28. The minimum absolute atomic E-state index is 0.360. The SMILES string of the molecule is C[C@@H](NC(=O)N1C(=O)C(Sc2cccc(N)c2)C1C(=O)O)c1ccccc1. The number of carbonyl (C=O) groups is 3. The van der Waals surface area contributed by atoms with Crippen LogP contribution in [0.2, 0.25) is 0 Å². The highest BCUT2D eigenvalue weighted by Gasteiger charge is 2.55. The number of rotatable bonds is 5. The molecule has 3 rings (SSSR count). The number of thioether (sulfide) groups is 1. The quantitative estimate of drug-likeness (QED) is 0.538. The van der Waals surface area contributed by atoms with E-state index in [0.717, 1.165) is 22.2 Å². The van der Waals surface area contributed by atoms with Crippen molar-refractivity contribution >= 4 is 35.4 Å². The van der Waals surface area contributed by atoms with Crippen LogP contribution in [0.25, 0.3) is 0 Å². The Morgan fingerprint density at radius 1 is 1.19 bits per heavy atom. The number of nitrogens with one attached hydrogen (secondary N) is 1. The first-order valence-corrected chi connectivity index (χ1v) is 9.20. The molecule has 3 amide bonds. The molecule has 1 aliphatic rings. The topological polar surface area (TPSA) is 113 Å². The van der Waals surface area contributed by atoms with Crippen LogP contribution in [-0.2, 0) is 9.59 Å². The van der Waals surface area contributed by atoms with Crippen molar-refractivity contribution in [3.8, 4) is 0 Å². The molecule has 27 heavy (non-hydrogen) atoms. The van der Waals surface area contributed by atoms with Crippen LogP contribution in [-0.4, -0.2) is 39.2 Å². The summed E-state index contributed by atoms with van der Waals surface area (Å²) in [5.74, 6) is -1.76. The van der Waals surface area contributed by atoms with Crippen molar-refractivity contribution in [2.75, 3.05) is 5.73 Å². The summed E-state index contributed by atoms with van der Waals surface area (Å²) < 4.78 is 0. The van der Waals surface area contributed by atoms with E-state index < -0.39 is 29.2 Å². The van der Waals surface area contributed by atoms with Crippen LogP contribution in [0.5, 0.6) is 0 Å². The predicted octanol–water partition coefficient (Wildman–Crippen LogP) is 2.50. The number of amides is 3. The second-order valence-corrected chi connectivity index (χ2v) is 7.40. The fourth-order valence-corrected chi connectivity index (χ4v) is 4.09. The molecule has 0 aromatic heterocycles. The molecule has 7 nitrogen and oxygen atoms in total. The molecule has 0 radical (unpaired) electrons. The first-order chi connectivity index (χ1) is 12.9. The predicted molar refractivity (Wildman–Crippen MR) is 102 cm³/mol. The number of hydrogen-bond acceptors (Lipinski definition) is 5. The van der Waals surface area contributed by atoms with Gasteiger partial charge in [0.1, 0.15) is 5.25 Å². The average molecular weight is 385 g/mol. The van der Waals surface area contributed by atoms with Gasteiger partial charge in [0.25, 0.3) is 0 Å². The lowest BCUT2D eigenvalue weighted by Gasteiger charge is -2.42. The molecule has 3 atom stereocenters. The molecule has 1 heterocycles. The zero-order chi connectivity index (χ0) is 19.6. The highest BCUT2D eigenvalue weighted by molar-refractivity contribution is 8.00. The van der Waals surface area contributed by atoms with Gasteiger partial charge >= 0.3 is 12.0 Å². The number of carboxylic acid groups (broad SMARTS) is 1. The Morgan fingerprint density at radius 2 is 1.89 bits per heavy atom. The standard InChI is InChI=1S/C19H19N3O4S/c1-11(12-6-3-2-4-7-12)21-19(26)22-15(18(24)25)16(17(22)23)27-14-9-5-8-13(20)10-14/h2-11,15-16H,20H2,1H3,(H,21,26)(H,24,25)/t11-,15?,16?/m1/s1. The lowest BCUT2D eigenvalue weighted by atomic mass is 10.0. The van der Waals surface area contributed by atoms with E-state index in [1.165, 1.54) is 0 Å². The number of nitrogen functional groups attached to an aromatic ring is 1. The van der Waals surface area contributed by atoms with Gasteiger partial charge in [-0.1, -0.05) is 36.4 Å². The van der Waals surface area contributed by atoms with Gasteiger partial charge < -0.3 is 16.2 Å². The number of likely N-dealkylation sites (tertiary alicyclic amines) is 1. The number of benzene rings is 2. The number of anilines is 1. The average Bonchev–Trinajstić information content (AvgIpc) is 2.64. The maximum absolute atomic E-state index is 12.5. The van der Waals surface area contributed by atoms with Crippen LogP contribution in [0.4, 0.5) is 10.5 Å². The maximum atomic E-state index is 12.5. The molecule has 1 aliphatic heterocycles. The van der Waals surface area contributed by atoms with Crippen LogP contribution < -0.4 is 11.1 Å². The fraction of sp³-hybridized carbons (Fsp3) is 0.211. The number of nitrogens with two attached hydrogens (primary N) is 1. The lowest BCUT2D eigenvalue weighted by molar-refractivity contribution is -0.156. The number of carboxylic acids is 1. The zero-order valence-corrected chi connectivity index (χ0v) is 15.3. The van der Waals surface area contributed by atoms with Crippen molar-refractivity contribution in [1.29, 1.82) is 0 Å². The van der Waals surface area contributed by atoms with Gasteiger partial charge in [-0.3, -0.25) is 4.79 Å². The Balaban J connectivity index is 1.71. The van der Waals surface area contributed by atoms with Crippen LogP contribution in [0.15, 0.2) is 59.5 Å². The van der Waals surface area contributed by atoms with Crippen molar-refractivity contribution in [1.82, 2.24) is 10.2 Å². The van der Waals surface area contributed by atoms with Gasteiger partial charge in [0.2, 0.25) is 5.91 Å². The van der Waals surface area contributed by atoms with Crippen LogP contribution >= 0.6 is 11.8 Å². The molecule has 0 spiro atoms. The summed E-state index contributed by atoms with van der Waals surface area (Å²) >= 11 is 1.09. The Hall–Kier alpha value is -3.00. The first kappa shape index (κ1) is 18.8. The first-order valence-electron chi connectivity index (χ1n) is 8.32. The molecule has 1 saturated heterocycles. The molecule has 2 unspecified atom stereocenters. The summed E-state index contributed by atoms with van der Waals surface area (Å²) in [5, 5.41) is 11.3. The number of aliphatic carboxylic acids is 1. The molecule has 2 aromatic carbocycles. The fourth-order valence-electron chi connectivity index (χ4n) is 2.86. The maximum Gasteiger partial charge on any atom is 0.328 e. The molecule has 8 heteroatoms. The van der Waals surface area contributed by atoms with E-state index >= 15 is 0 Å². The molecule has 0 bridgehead atoms. The minimum Gasteiger partial charge on any atom is -0.480 e. The van der Waals surface area contributed by atoms with Gasteiger partial charge in [-0.15, -0.1) is 11.8 Å². The Morgan fingerprint density at radius 3 is 2.52 bits per heavy atom. The minimum atomic E-state index is -1.23. The van der Waals surface area contributed by atoms with Gasteiger partial charge in [-0.2, -0.15) is 0 Å². The Bertz CT molecular complexity index is 874. The molecule has 1 fully saturated rings. The van der Waals surface area contributed by atoms with E-state index in [0.29, 0.717) is 10.6 Å². The van der Waals surface area contributed by atoms with Crippen molar-refractivity contribution in [3.05, 3.63) is 60.2 Å². The van der Waals surface area contributed by atoms with Gasteiger partial charge in [-0.25, -0.2) is 14.5 Å². The third kappa shape index (κ3) is 3.90. The van der Waals surface area contributed by atoms with Crippen LogP contribution in [0.1, 0.15) is 18.5 Å². The highest BCUT2D eigenvalue weighted by Crippen LogP contribution is 2.37. The van der Waals surface area contributed by atoms with E-state index in [1.54, 1.807) is 31.2 Å².